The first kappa shape index (κ1) is 19.0. The third kappa shape index (κ3) is 5.07. The summed E-state index contributed by atoms with van der Waals surface area (Å²) in [5.74, 6) is -0.134. The van der Waals surface area contributed by atoms with E-state index in [0.717, 1.165) is 0 Å². The van der Waals surface area contributed by atoms with Crippen molar-refractivity contribution in [3.05, 3.63) is 54.1 Å². The number of para-hydroxylation sites is 1. The molecule has 0 aliphatic carbocycles. The van der Waals surface area contributed by atoms with Gasteiger partial charge >= 0.3 is 0 Å². The molecule has 2 aromatic rings. The van der Waals surface area contributed by atoms with Crippen molar-refractivity contribution in [2.45, 2.75) is 6.42 Å². The third-order valence-corrected chi connectivity index (χ3v) is 3.63. The highest BCUT2D eigenvalue weighted by molar-refractivity contribution is 5.95. The molecule has 0 saturated heterocycles. The van der Waals surface area contributed by atoms with E-state index in [1.54, 1.807) is 36.4 Å². The van der Waals surface area contributed by atoms with Gasteiger partial charge in [0.05, 0.1) is 7.11 Å². The van der Waals surface area contributed by atoms with Crippen molar-refractivity contribution < 1.29 is 23.9 Å². The van der Waals surface area contributed by atoms with Crippen molar-refractivity contribution in [2.24, 2.45) is 5.73 Å². The van der Waals surface area contributed by atoms with E-state index in [1.807, 2.05) is 6.07 Å². The predicted molar refractivity (Wildman–Crippen MR) is 96.5 cm³/mol. The number of anilines is 1. The van der Waals surface area contributed by atoms with Gasteiger partial charge in [-0.05, 0) is 30.3 Å². The summed E-state index contributed by atoms with van der Waals surface area (Å²) in [6, 6.07) is 13.6. The van der Waals surface area contributed by atoms with Crippen LogP contribution in [-0.4, -0.2) is 38.4 Å². The summed E-state index contributed by atoms with van der Waals surface area (Å²) in [5.41, 5.74) is 6.28. The topological polar surface area (TPSA) is 98.9 Å². The Labute approximate surface area is 151 Å². The Bertz CT molecular complexity index is 777. The molecule has 0 saturated carbocycles. The molecule has 2 N–H and O–H groups in total. The lowest BCUT2D eigenvalue weighted by atomic mass is 10.2. The number of primary amides is 1. The summed E-state index contributed by atoms with van der Waals surface area (Å²) in [6.07, 6.45) is 0.733. The van der Waals surface area contributed by atoms with Crippen molar-refractivity contribution in [3.63, 3.8) is 0 Å². The molecular formula is C19H20N2O5. The molecule has 0 fully saturated rings. The first-order chi connectivity index (χ1) is 12.5. The van der Waals surface area contributed by atoms with Crippen LogP contribution in [0.3, 0.4) is 0 Å². The molecule has 0 heterocycles. The Morgan fingerprint density at radius 1 is 1.12 bits per heavy atom. The number of carbonyl (C=O) groups is 3. The van der Waals surface area contributed by atoms with Crippen LogP contribution < -0.4 is 20.1 Å². The molecule has 0 aromatic heterocycles. The number of nitrogens with two attached hydrogens (primary N) is 1. The Morgan fingerprint density at radius 2 is 1.85 bits per heavy atom. The standard InChI is InChI=1S/C19H20N2O5/c1-25-17-11-14(12-22)7-8-16(17)26-13-19(24)21(10-9-18(20)23)15-5-3-2-4-6-15/h2-8,11-12H,9-10,13H2,1H3,(H2,20,23). The fraction of sp³-hybridized carbons (Fsp3) is 0.211. The van der Waals surface area contributed by atoms with Gasteiger partial charge in [-0.1, -0.05) is 18.2 Å². The summed E-state index contributed by atoms with van der Waals surface area (Å²) >= 11 is 0. The van der Waals surface area contributed by atoms with Gasteiger partial charge in [0.1, 0.15) is 6.29 Å². The maximum Gasteiger partial charge on any atom is 0.264 e. The summed E-state index contributed by atoms with van der Waals surface area (Å²) in [6.45, 7) is -0.104. The first-order valence-electron chi connectivity index (χ1n) is 7.95. The van der Waals surface area contributed by atoms with Crippen LogP contribution in [0, 0.1) is 0 Å². The van der Waals surface area contributed by atoms with Gasteiger partial charge in [0, 0.05) is 24.2 Å². The largest absolute Gasteiger partial charge is 0.493 e. The summed E-state index contributed by atoms with van der Waals surface area (Å²) in [5, 5.41) is 0. The number of amides is 2. The van der Waals surface area contributed by atoms with Crippen LogP contribution in [0.2, 0.25) is 0 Å². The number of methoxy groups -OCH3 is 1. The molecule has 0 aliphatic rings. The zero-order valence-corrected chi connectivity index (χ0v) is 14.4. The molecule has 136 valence electrons. The second kappa shape index (κ2) is 9.22. The molecule has 2 aromatic carbocycles. The van der Waals surface area contributed by atoms with Crippen LogP contribution in [-0.2, 0) is 9.59 Å². The lowest BCUT2D eigenvalue weighted by molar-refractivity contribution is -0.120. The first-order valence-corrected chi connectivity index (χ1v) is 7.95. The van der Waals surface area contributed by atoms with Gasteiger partial charge in [-0.2, -0.15) is 0 Å². The van der Waals surface area contributed by atoms with Crippen LogP contribution in [0.4, 0.5) is 5.69 Å². The van der Waals surface area contributed by atoms with E-state index in [9.17, 15) is 14.4 Å². The van der Waals surface area contributed by atoms with E-state index in [1.165, 1.54) is 18.1 Å². The minimum Gasteiger partial charge on any atom is -0.493 e. The number of hydrogen-bond donors (Lipinski definition) is 1. The molecule has 0 spiro atoms. The van der Waals surface area contributed by atoms with Crippen molar-refractivity contribution in [2.75, 3.05) is 25.2 Å². The highest BCUT2D eigenvalue weighted by atomic mass is 16.5. The number of nitrogens with zero attached hydrogens (tertiary/aromatic N) is 1. The number of aldehydes is 1. The second-order valence-electron chi connectivity index (χ2n) is 5.41. The van der Waals surface area contributed by atoms with Crippen LogP contribution in [0.25, 0.3) is 0 Å². The summed E-state index contributed by atoms with van der Waals surface area (Å²) < 4.78 is 10.7. The highest BCUT2D eigenvalue weighted by Gasteiger charge is 2.18. The van der Waals surface area contributed by atoms with Crippen LogP contribution in [0.1, 0.15) is 16.8 Å². The highest BCUT2D eigenvalue weighted by Crippen LogP contribution is 2.27. The molecule has 0 radical (unpaired) electrons. The van der Waals surface area contributed by atoms with Crippen molar-refractivity contribution in [3.8, 4) is 11.5 Å². The average molecular weight is 356 g/mol. The van der Waals surface area contributed by atoms with E-state index in [2.05, 4.69) is 0 Å². The average Bonchev–Trinajstić information content (AvgIpc) is 2.66. The Balaban J connectivity index is 2.12. The lowest BCUT2D eigenvalue weighted by Crippen LogP contribution is -2.37. The fourth-order valence-corrected chi connectivity index (χ4v) is 2.32. The summed E-state index contributed by atoms with van der Waals surface area (Å²) in [7, 11) is 1.45. The fourth-order valence-electron chi connectivity index (χ4n) is 2.32. The molecule has 0 atom stereocenters. The quantitative estimate of drug-likeness (QED) is 0.691. The third-order valence-electron chi connectivity index (χ3n) is 3.63. The molecule has 7 heteroatoms. The lowest BCUT2D eigenvalue weighted by Gasteiger charge is -2.22. The Hall–Kier alpha value is -3.35. The van der Waals surface area contributed by atoms with Crippen LogP contribution in [0.5, 0.6) is 11.5 Å². The SMILES string of the molecule is COc1cc(C=O)ccc1OCC(=O)N(CCC(N)=O)c1ccccc1. The molecule has 0 unspecified atom stereocenters. The van der Waals surface area contributed by atoms with Crippen molar-refractivity contribution in [1.29, 1.82) is 0 Å². The molecule has 0 bridgehead atoms. The van der Waals surface area contributed by atoms with Crippen molar-refractivity contribution in [1.82, 2.24) is 0 Å². The minimum atomic E-state index is -0.495. The molecule has 2 amide bonds. The normalized spacial score (nSPS) is 10.0. The van der Waals surface area contributed by atoms with Gasteiger partial charge in [0.2, 0.25) is 5.91 Å². The number of carbonyl (C=O) groups excluding carboxylic acids is 3. The number of hydrogen-bond acceptors (Lipinski definition) is 5. The Kier molecular flexibility index (Phi) is 6.73. The van der Waals surface area contributed by atoms with Gasteiger partial charge in [-0.15, -0.1) is 0 Å². The van der Waals surface area contributed by atoms with E-state index < -0.39 is 5.91 Å². The van der Waals surface area contributed by atoms with E-state index >= 15 is 0 Å². The van der Waals surface area contributed by atoms with Gasteiger partial charge in [-0.3, -0.25) is 14.4 Å². The zero-order valence-electron chi connectivity index (χ0n) is 14.4. The minimum absolute atomic E-state index is 0.0397. The van der Waals surface area contributed by atoms with Crippen LogP contribution in [0.15, 0.2) is 48.5 Å². The molecule has 26 heavy (non-hydrogen) atoms. The van der Waals surface area contributed by atoms with E-state index in [0.29, 0.717) is 29.0 Å². The van der Waals surface area contributed by atoms with E-state index in [-0.39, 0.29) is 25.5 Å². The maximum atomic E-state index is 12.6. The molecule has 0 aliphatic heterocycles. The van der Waals surface area contributed by atoms with Crippen molar-refractivity contribution >= 4 is 23.8 Å². The monoisotopic (exact) mass is 356 g/mol. The number of rotatable bonds is 9. The zero-order chi connectivity index (χ0) is 18.9. The second-order valence-corrected chi connectivity index (χ2v) is 5.41. The van der Waals surface area contributed by atoms with Gasteiger partial charge in [0.15, 0.2) is 18.1 Å². The smallest absolute Gasteiger partial charge is 0.264 e. The number of benzene rings is 2. The van der Waals surface area contributed by atoms with Crippen LogP contribution >= 0.6 is 0 Å². The van der Waals surface area contributed by atoms with Gasteiger partial charge in [-0.25, -0.2) is 0 Å². The molecular weight excluding hydrogens is 336 g/mol. The van der Waals surface area contributed by atoms with Gasteiger partial charge in [0.25, 0.3) is 5.91 Å². The van der Waals surface area contributed by atoms with E-state index in [4.69, 9.17) is 15.2 Å². The maximum absolute atomic E-state index is 12.6. The van der Waals surface area contributed by atoms with Gasteiger partial charge < -0.3 is 20.1 Å². The number of ether oxygens (including phenoxy) is 2. The predicted octanol–water partition coefficient (Wildman–Crippen LogP) is 1.80. The molecule has 7 nitrogen and oxygen atoms in total. The molecule has 2 rings (SSSR count). The summed E-state index contributed by atoms with van der Waals surface area (Å²) in [4.78, 5) is 36.0. The Morgan fingerprint density at radius 3 is 2.46 bits per heavy atom.